The maximum Gasteiger partial charge on any atom is 0.199 e. The molecule has 0 aromatic heterocycles. The lowest BCUT2D eigenvalue weighted by molar-refractivity contribution is 0.604. The van der Waals surface area contributed by atoms with Crippen molar-refractivity contribution in [3.63, 3.8) is 0 Å². The smallest absolute Gasteiger partial charge is 0.199 e. The van der Waals surface area contributed by atoms with Crippen molar-refractivity contribution in [3.8, 4) is 0 Å². The average Bonchev–Trinajstić information content (AvgIpc) is 2.24. The lowest BCUT2D eigenvalue weighted by atomic mass is 10.2. The highest BCUT2D eigenvalue weighted by molar-refractivity contribution is 7.94. The van der Waals surface area contributed by atoms with Crippen LogP contribution in [-0.4, -0.2) is 16.5 Å². The van der Waals surface area contributed by atoms with Gasteiger partial charge < -0.3 is 0 Å². The first-order valence-electron chi connectivity index (χ1n) is 6.19. The molecule has 1 rings (SSSR count). The molecule has 0 atom stereocenters. The number of rotatable bonds is 5. The van der Waals surface area contributed by atoms with Crippen LogP contribution in [0.15, 0.2) is 40.6 Å². The average molecular weight is 282 g/mol. The first kappa shape index (κ1) is 15.2. The Bertz CT molecular complexity index is 508. The van der Waals surface area contributed by atoms with Gasteiger partial charge in [-0.25, -0.2) is 8.42 Å². The molecular weight excluding hydrogens is 260 g/mol. The molecule has 0 aliphatic carbocycles. The van der Waals surface area contributed by atoms with E-state index in [0.717, 1.165) is 18.0 Å². The summed E-state index contributed by atoms with van der Waals surface area (Å²) < 4.78 is 24.0. The normalized spacial score (nSPS) is 13.1. The van der Waals surface area contributed by atoms with E-state index in [2.05, 4.69) is 19.6 Å². The minimum Gasteiger partial charge on any atom is -0.219 e. The van der Waals surface area contributed by atoms with Gasteiger partial charge in [0.2, 0.25) is 0 Å². The molecule has 0 saturated carbocycles. The zero-order chi connectivity index (χ0) is 13.8. The maximum absolute atomic E-state index is 12.0. The van der Waals surface area contributed by atoms with E-state index in [1.807, 2.05) is 19.1 Å². The van der Waals surface area contributed by atoms with Gasteiger partial charge in [-0.15, -0.1) is 0 Å². The van der Waals surface area contributed by atoms with Crippen molar-refractivity contribution in [1.29, 1.82) is 0 Å². The predicted molar refractivity (Wildman–Crippen MR) is 80.3 cm³/mol. The predicted octanol–water partition coefficient (Wildman–Crippen LogP) is 4.01. The van der Waals surface area contributed by atoms with Gasteiger partial charge in [-0.3, -0.25) is 0 Å². The van der Waals surface area contributed by atoms with Crippen LogP contribution in [0, 0.1) is 6.92 Å². The Morgan fingerprint density at radius 2 is 1.67 bits per heavy atom. The van der Waals surface area contributed by atoms with Gasteiger partial charge in [-0.05, 0) is 25.5 Å². The number of sulfone groups is 1. The third-order valence-electron chi connectivity index (χ3n) is 2.69. The van der Waals surface area contributed by atoms with E-state index >= 15 is 0 Å². The molecule has 0 aliphatic rings. The van der Waals surface area contributed by atoms with E-state index in [1.54, 1.807) is 18.2 Å². The van der Waals surface area contributed by atoms with E-state index in [9.17, 15) is 8.42 Å². The molecule has 1 aromatic rings. The molecule has 0 aliphatic heterocycles. The second kappa shape index (κ2) is 5.84. The third kappa shape index (κ3) is 5.19. The Hall–Kier alpha value is -0.873. The van der Waals surface area contributed by atoms with Crippen LogP contribution >= 0.6 is 0 Å². The van der Waals surface area contributed by atoms with Crippen molar-refractivity contribution in [2.45, 2.75) is 43.9 Å². The number of benzene rings is 1. The lowest BCUT2D eigenvalue weighted by Gasteiger charge is -2.13. The van der Waals surface area contributed by atoms with Gasteiger partial charge in [0, 0.05) is 13.5 Å². The van der Waals surface area contributed by atoms with Crippen LogP contribution in [0.2, 0.25) is 25.7 Å². The SMILES string of the molecule is Cc1ccc(S(=O)(=O)/C=C/CC[Si](C)(C)C)cc1. The van der Waals surface area contributed by atoms with Crippen LogP contribution in [0.4, 0.5) is 0 Å². The summed E-state index contributed by atoms with van der Waals surface area (Å²) in [7, 11) is -4.35. The molecule has 1 aromatic carbocycles. The Labute approximate surface area is 112 Å². The second-order valence-corrected chi connectivity index (χ2v) is 13.3. The highest BCUT2D eigenvalue weighted by Gasteiger charge is 2.12. The minimum atomic E-state index is -3.26. The zero-order valence-corrected chi connectivity index (χ0v) is 13.4. The summed E-state index contributed by atoms with van der Waals surface area (Å²) in [5.74, 6) is 0. The van der Waals surface area contributed by atoms with E-state index in [-0.39, 0.29) is 0 Å². The van der Waals surface area contributed by atoms with Gasteiger partial charge in [-0.2, -0.15) is 0 Å². The molecule has 2 nitrogen and oxygen atoms in total. The topological polar surface area (TPSA) is 34.1 Å². The molecule has 100 valence electrons. The van der Waals surface area contributed by atoms with E-state index < -0.39 is 17.9 Å². The Morgan fingerprint density at radius 1 is 1.11 bits per heavy atom. The van der Waals surface area contributed by atoms with Gasteiger partial charge in [0.15, 0.2) is 9.84 Å². The summed E-state index contributed by atoms with van der Waals surface area (Å²) in [5, 5.41) is 1.35. The van der Waals surface area contributed by atoms with E-state index in [4.69, 9.17) is 0 Å². The number of allylic oxidation sites excluding steroid dienone is 1. The van der Waals surface area contributed by atoms with Gasteiger partial charge in [0.1, 0.15) is 0 Å². The summed E-state index contributed by atoms with van der Waals surface area (Å²) in [4.78, 5) is 0.373. The number of hydrogen-bond donors (Lipinski definition) is 0. The monoisotopic (exact) mass is 282 g/mol. The summed E-state index contributed by atoms with van der Waals surface area (Å²) in [5.41, 5.74) is 1.07. The first-order chi connectivity index (χ1) is 8.21. The van der Waals surface area contributed by atoms with Crippen LogP contribution in [0.5, 0.6) is 0 Å². The summed E-state index contributed by atoms with van der Waals surface area (Å²) in [6, 6.07) is 8.08. The number of hydrogen-bond acceptors (Lipinski definition) is 2. The van der Waals surface area contributed by atoms with Crippen LogP contribution in [0.1, 0.15) is 12.0 Å². The molecule has 0 amide bonds. The molecule has 0 bridgehead atoms. The standard InChI is InChI=1S/C14H22O2SSi/c1-13-7-9-14(10-8-13)17(15,16)11-5-6-12-18(2,3)4/h5,7-11H,6,12H2,1-4H3/b11-5+. The van der Waals surface area contributed by atoms with Crippen molar-refractivity contribution in [3.05, 3.63) is 41.3 Å². The van der Waals surface area contributed by atoms with Gasteiger partial charge in [0.25, 0.3) is 0 Å². The van der Waals surface area contributed by atoms with Crippen LogP contribution < -0.4 is 0 Å². The van der Waals surface area contributed by atoms with Crippen molar-refractivity contribution in [2.75, 3.05) is 0 Å². The first-order valence-corrected chi connectivity index (χ1v) is 11.4. The zero-order valence-electron chi connectivity index (χ0n) is 11.6. The number of aryl methyl sites for hydroxylation is 1. The van der Waals surface area contributed by atoms with Crippen molar-refractivity contribution < 1.29 is 8.42 Å². The maximum atomic E-state index is 12.0. The highest BCUT2D eigenvalue weighted by Crippen LogP contribution is 2.15. The quantitative estimate of drug-likeness (QED) is 0.765. The van der Waals surface area contributed by atoms with Crippen molar-refractivity contribution in [1.82, 2.24) is 0 Å². The molecule has 0 heterocycles. The third-order valence-corrected chi connectivity index (χ3v) is 5.95. The van der Waals surface area contributed by atoms with E-state index in [1.165, 1.54) is 5.41 Å². The molecule has 0 radical (unpaired) electrons. The molecule has 18 heavy (non-hydrogen) atoms. The molecule has 4 heteroatoms. The molecule has 0 saturated heterocycles. The summed E-state index contributed by atoms with van der Waals surface area (Å²) in [6.45, 7) is 8.81. The highest BCUT2D eigenvalue weighted by atomic mass is 32.2. The minimum absolute atomic E-state index is 0.373. The molecule has 0 fully saturated rings. The second-order valence-electron chi connectivity index (χ2n) is 5.83. The summed E-state index contributed by atoms with van der Waals surface area (Å²) >= 11 is 0. The van der Waals surface area contributed by atoms with Crippen LogP contribution in [-0.2, 0) is 9.84 Å². The molecular formula is C14H22O2SSi. The largest absolute Gasteiger partial charge is 0.219 e. The molecule has 0 spiro atoms. The van der Waals surface area contributed by atoms with Crippen molar-refractivity contribution >= 4 is 17.9 Å². The molecule has 0 unspecified atom stereocenters. The van der Waals surface area contributed by atoms with Crippen LogP contribution in [0.3, 0.4) is 0 Å². The van der Waals surface area contributed by atoms with Gasteiger partial charge in [0.05, 0.1) is 4.90 Å². The summed E-state index contributed by atoms with van der Waals surface area (Å²) in [6.07, 6.45) is 2.63. The fraction of sp³-hybridized carbons (Fsp3) is 0.429. The Morgan fingerprint density at radius 3 is 2.17 bits per heavy atom. The lowest BCUT2D eigenvalue weighted by Crippen LogP contribution is -2.18. The molecule has 0 N–H and O–H groups in total. The van der Waals surface area contributed by atoms with Crippen molar-refractivity contribution in [2.24, 2.45) is 0 Å². The van der Waals surface area contributed by atoms with Crippen LogP contribution in [0.25, 0.3) is 0 Å². The Kier molecular flexibility index (Phi) is 4.93. The van der Waals surface area contributed by atoms with Gasteiger partial charge >= 0.3 is 0 Å². The van der Waals surface area contributed by atoms with E-state index in [0.29, 0.717) is 4.90 Å². The fourth-order valence-electron chi connectivity index (χ4n) is 1.52. The fourth-order valence-corrected chi connectivity index (χ4v) is 3.61. The Balaban J connectivity index is 2.71. The van der Waals surface area contributed by atoms with Gasteiger partial charge in [-0.1, -0.05) is 49.5 Å².